The summed E-state index contributed by atoms with van der Waals surface area (Å²) >= 11 is 7.81. The molecule has 2 aromatic rings. The van der Waals surface area contributed by atoms with E-state index in [4.69, 9.17) is 11.6 Å². The molecule has 6 heteroatoms. The maximum absolute atomic E-state index is 11.9. The molecule has 1 N–H and O–H groups in total. The van der Waals surface area contributed by atoms with Crippen molar-refractivity contribution in [1.29, 1.82) is 0 Å². The van der Waals surface area contributed by atoms with Gasteiger partial charge in [-0.15, -0.1) is 0 Å². The zero-order valence-electron chi connectivity index (χ0n) is 8.58. The van der Waals surface area contributed by atoms with Crippen molar-refractivity contribution < 1.29 is 5.11 Å². The molecule has 0 bridgehead atoms. The highest BCUT2D eigenvalue weighted by Crippen LogP contribution is 2.29. The molecular formula is C10H8ClIN2O2. The molecule has 0 aliphatic heterocycles. The van der Waals surface area contributed by atoms with Crippen LogP contribution in [0.5, 0.6) is 5.75 Å². The Balaban J connectivity index is 3.09. The molecule has 2 rings (SSSR count). The standard InChI is InChI=1S/C10H8ClIN2O2/c1-4-5(2)13-9-8(15)7(12)6(11)3-14(9)10(4)16/h3,15H,1-2H3. The number of halogens is 2. The first-order valence-electron chi connectivity index (χ1n) is 4.50. The highest BCUT2D eigenvalue weighted by atomic mass is 127. The fraction of sp³-hybridized carbons (Fsp3) is 0.200. The third-order valence-corrected chi connectivity index (χ3v) is 4.15. The quantitative estimate of drug-likeness (QED) is 0.742. The summed E-state index contributed by atoms with van der Waals surface area (Å²) in [7, 11) is 0. The van der Waals surface area contributed by atoms with Gasteiger partial charge < -0.3 is 5.11 Å². The lowest BCUT2D eigenvalue weighted by atomic mass is 10.2. The molecule has 2 heterocycles. The van der Waals surface area contributed by atoms with E-state index < -0.39 is 0 Å². The second-order valence-electron chi connectivity index (χ2n) is 3.46. The van der Waals surface area contributed by atoms with Crippen LogP contribution in [0.4, 0.5) is 0 Å². The molecule has 0 aromatic carbocycles. The van der Waals surface area contributed by atoms with Crippen LogP contribution in [-0.4, -0.2) is 14.5 Å². The fourth-order valence-electron chi connectivity index (χ4n) is 1.40. The van der Waals surface area contributed by atoms with Crippen LogP contribution < -0.4 is 5.56 Å². The SMILES string of the molecule is Cc1nc2c(O)c(I)c(Cl)cn2c(=O)c1C. The van der Waals surface area contributed by atoms with E-state index in [-0.39, 0.29) is 17.0 Å². The van der Waals surface area contributed by atoms with Crippen molar-refractivity contribution in [2.24, 2.45) is 0 Å². The van der Waals surface area contributed by atoms with Crippen molar-refractivity contribution in [3.05, 3.63) is 36.4 Å². The molecule has 0 atom stereocenters. The van der Waals surface area contributed by atoms with Crippen LogP contribution in [0.3, 0.4) is 0 Å². The van der Waals surface area contributed by atoms with Gasteiger partial charge in [-0.25, -0.2) is 4.98 Å². The van der Waals surface area contributed by atoms with Crippen molar-refractivity contribution in [3.8, 4) is 5.75 Å². The molecule has 0 radical (unpaired) electrons. The third kappa shape index (κ3) is 1.58. The van der Waals surface area contributed by atoms with Crippen molar-refractivity contribution in [1.82, 2.24) is 9.38 Å². The van der Waals surface area contributed by atoms with Gasteiger partial charge in [0.1, 0.15) is 0 Å². The average Bonchev–Trinajstić information content (AvgIpc) is 2.25. The van der Waals surface area contributed by atoms with Gasteiger partial charge >= 0.3 is 0 Å². The summed E-state index contributed by atoms with van der Waals surface area (Å²) in [6.45, 7) is 3.43. The molecule has 84 valence electrons. The maximum atomic E-state index is 11.9. The number of fused-ring (bicyclic) bond motifs is 1. The number of aryl methyl sites for hydroxylation is 1. The number of hydrogen-bond donors (Lipinski definition) is 1. The summed E-state index contributed by atoms with van der Waals surface area (Å²) in [6.07, 6.45) is 1.47. The first-order valence-corrected chi connectivity index (χ1v) is 5.95. The van der Waals surface area contributed by atoms with E-state index in [0.29, 0.717) is 19.9 Å². The Hall–Kier alpha value is -0.820. The molecular weight excluding hydrogens is 342 g/mol. The first kappa shape index (κ1) is 11.7. The Labute approximate surface area is 110 Å². The maximum Gasteiger partial charge on any atom is 0.261 e. The number of aromatic nitrogens is 2. The Morgan fingerprint density at radius 3 is 2.75 bits per heavy atom. The Morgan fingerprint density at radius 1 is 1.50 bits per heavy atom. The lowest BCUT2D eigenvalue weighted by Gasteiger charge is -2.08. The number of hydrogen-bond acceptors (Lipinski definition) is 3. The second kappa shape index (κ2) is 3.89. The van der Waals surface area contributed by atoms with E-state index in [1.165, 1.54) is 10.6 Å². The first-order chi connectivity index (χ1) is 7.43. The highest BCUT2D eigenvalue weighted by molar-refractivity contribution is 14.1. The van der Waals surface area contributed by atoms with E-state index in [1.54, 1.807) is 13.8 Å². The lowest BCUT2D eigenvalue weighted by molar-refractivity contribution is 0.472. The molecule has 0 unspecified atom stereocenters. The van der Waals surface area contributed by atoms with E-state index in [9.17, 15) is 9.90 Å². The van der Waals surface area contributed by atoms with Crippen molar-refractivity contribution in [2.45, 2.75) is 13.8 Å². The van der Waals surface area contributed by atoms with E-state index in [0.717, 1.165) is 0 Å². The molecule has 0 aliphatic carbocycles. The van der Waals surface area contributed by atoms with Gasteiger partial charge in [-0.3, -0.25) is 9.20 Å². The van der Waals surface area contributed by atoms with E-state index in [2.05, 4.69) is 4.98 Å². The van der Waals surface area contributed by atoms with Crippen molar-refractivity contribution >= 4 is 39.8 Å². The van der Waals surface area contributed by atoms with Gasteiger partial charge in [0.25, 0.3) is 5.56 Å². The van der Waals surface area contributed by atoms with Gasteiger partial charge in [-0.1, -0.05) is 11.6 Å². The molecule has 2 aromatic heterocycles. The summed E-state index contributed by atoms with van der Waals surface area (Å²) in [5, 5.41) is 10.2. The Morgan fingerprint density at radius 2 is 2.12 bits per heavy atom. The molecule has 0 fully saturated rings. The fourth-order valence-corrected chi connectivity index (χ4v) is 1.96. The number of pyridine rings is 1. The van der Waals surface area contributed by atoms with Gasteiger partial charge in [0.2, 0.25) is 0 Å². The van der Waals surface area contributed by atoms with Crippen LogP contribution in [0, 0.1) is 17.4 Å². The van der Waals surface area contributed by atoms with Crippen LogP contribution >= 0.6 is 34.2 Å². The van der Waals surface area contributed by atoms with Gasteiger partial charge in [-0.05, 0) is 36.4 Å². The zero-order chi connectivity index (χ0) is 12.0. The minimum Gasteiger partial charge on any atom is -0.503 e. The predicted molar refractivity (Wildman–Crippen MR) is 70.3 cm³/mol. The topological polar surface area (TPSA) is 54.6 Å². The highest BCUT2D eigenvalue weighted by Gasteiger charge is 2.14. The van der Waals surface area contributed by atoms with Gasteiger partial charge in [0.05, 0.1) is 8.59 Å². The third-order valence-electron chi connectivity index (χ3n) is 2.46. The number of nitrogens with zero attached hydrogens (tertiary/aromatic N) is 2. The molecule has 0 aliphatic rings. The zero-order valence-corrected chi connectivity index (χ0v) is 11.5. The molecule has 0 spiro atoms. The van der Waals surface area contributed by atoms with E-state index >= 15 is 0 Å². The second-order valence-corrected chi connectivity index (χ2v) is 4.95. The van der Waals surface area contributed by atoms with Crippen LogP contribution in [0.15, 0.2) is 11.0 Å². The minimum atomic E-state index is -0.212. The normalized spacial score (nSPS) is 11.0. The summed E-state index contributed by atoms with van der Waals surface area (Å²) in [6, 6.07) is 0. The minimum absolute atomic E-state index is 0.0618. The summed E-state index contributed by atoms with van der Waals surface area (Å²) < 4.78 is 1.76. The molecule has 0 amide bonds. The van der Waals surface area contributed by atoms with Crippen LogP contribution in [0.1, 0.15) is 11.3 Å². The smallest absolute Gasteiger partial charge is 0.261 e. The molecule has 0 saturated carbocycles. The predicted octanol–water partition coefficient (Wildman–Crippen LogP) is 2.27. The lowest BCUT2D eigenvalue weighted by Crippen LogP contribution is -2.19. The molecule has 16 heavy (non-hydrogen) atoms. The van der Waals surface area contributed by atoms with Gasteiger partial charge in [-0.2, -0.15) is 0 Å². The van der Waals surface area contributed by atoms with Gasteiger partial charge in [0.15, 0.2) is 11.4 Å². The largest absolute Gasteiger partial charge is 0.503 e. The van der Waals surface area contributed by atoms with Crippen molar-refractivity contribution in [3.63, 3.8) is 0 Å². The van der Waals surface area contributed by atoms with E-state index in [1.807, 2.05) is 22.6 Å². The number of aromatic hydroxyl groups is 1. The van der Waals surface area contributed by atoms with Gasteiger partial charge in [0, 0.05) is 17.5 Å². The van der Waals surface area contributed by atoms with Crippen molar-refractivity contribution in [2.75, 3.05) is 0 Å². The molecule has 4 nitrogen and oxygen atoms in total. The molecule has 0 saturated heterocycles. The Bertz CT molecular complexity index is 652. The summed E-state index contributed by atoms with van der Waals surface area (Å²) in [5.74, 6) is -0.0618. The average molecular weight is 351 g/mol. The van der Waals surface area contributed by atoms with Crippen LogP contribution in [-0.2, 0) is 0 Å². The van der Waals surface area contributed by atoms with Crippen LogP contribution in [0.2, 0.25) is 5.02 Å². The monoisotopic (exact) mass is 350 g/mol. The summed E-state index contributed by atoms with van der Waals surface area (Å²) in [5.41, 5.74) is 1.19. The van der Waals surface area contributed by atoms with Crippen LogP contribution in [0.25, 0.3) is 5.65 Å². The number of rotatable bonds is 0. The summed E-state index contributed by atoms with van der Waals surface area (Å²) in [4.78, 5) is 16.1. The Kier molecular flexibility index (Phi) is 2.83.